The molecular weight excluding hydrogens is 358 g/mol. The molecule has 0 unspecified atom stereocenters. The molecule has 0 radical (unpaired) electrons. The predicted octanol–water partition coefficient (Wildman–Crippen LogP) is 2.76. The molecular formula is C19H20ClNO5. The summed E-state index contributed by atoms with van der Waals surface area (Å²) in [4.78, 5) is 23.6. The van der Waals surface area contributed by atoms with Crippen LogP contribution >= 0.6 is 12.4 Å². The molecule has 0 saturated heterocycles. The number of rotatable bonds is 9. The summed E-state index contributed by atoms with van der Waals surface area (Å²) in [6, 6.07) is 15.6. The zero-order chi connectivity index (χ0) is 17.9. The number of carbonyl (C=O) groups excluding carboxylic acids is 2. The lowest BCUT2D eigenvalue weighted by atomic mass is 10.1. The van der Waals surface area contributed by atoms with Gasteiger partial charge in [-0.25, -0.2) is 4.79 Å². The van der Waals surface area contributed by atoms with E-state index in [1.807, 2.05) is 6.07 Å². The monoisotopic (exact) mass is 377 g/mol. The fraction of sp³-hybridized carbons (Fsp3) is 0.158. The highest BCUT2D eigenvalue weighted by Crippen LogP contribution is 2.14. The Morgan fingerprint density at radius 1 is 0.962 bits per heavy atom. The van der Waals surface area contributed by atoms with Gasteiger partial charge in [-0.1, -0.05) is 30.3 Å². The number of nitrogens with two attached hydrogens (primary N) is 1. The first-order valence-corrected chi connectivity index (χ1v) is 7.70. The van der Waals surface area contributed by atoms with Crippen molar-refractivity contribution in [2.45, 2.75) is 0 Å². The molecule has 7 heteroatoms. The van der Waals surface area contributed by atoms with Crippen molar-refractivity contribution in [2.75, 3.05) is 19.8 Å². The van der Waals surface area contributed by atoms with Gasteiger partial charge in [-0.2, -0.15) is 0 Å². The Labute approximate surface area is 158 Å². The number of benzene rings is 2. The highest BCUT2D eigenvalue weighted by atomic mass is 35.5. The third-order valence-corrected chi connectivity index (χ3v) is 3.02. The van der Waals surface area contributed by atoms with Crippen LogP contribution < -0.4 is 15.2 Å². The van der Waals surface area contributed by atoms with E-state index >= 15 is 0 Å². The van der Waals surface area contributed by atoms with Gasteiger partial charge in [0.2, 0.25) is 0 Å². The van der Waals surface area contributed by atoms with Gasteiger partial charge in [-0.05, 0) is 24.3 Å². The zero-order valence-corrected chi connectivity index (χ0v) is 14.8. The molecule has 0 aliphatic heterocycles. The first-order chi connectivity index (χ1) is 12.2. The van der Waals surface area contributed by atoms with Gasteiger partial charge < -0.3 is 19.9 Å². The maximum absolute atomic E-state index is 12.0. The van der Waals surface area contributed by atoms with E-state index in [1.165, 1.54) is 6.08 Å². The first-order valence-electron chi connectivity index (χ1n) is 7.70. The molecule has 0 aliphatic rings. The van der Waals surface area contributed by atoms with Crippen LogP contribution in [-0.2, 0) is 9.53 Å². The fourth-order valence-electron chi connectivity index (χ4n) is 1.88. The summed E-state index contributed by atoms with van der Waals surface area (Å²) in [5.74, 6) is 0.203. The van der Waals surface area contributed by atoms with E-state index in [2.05, 4.69) is 0 Å². The standard InChI is InChI=1S/C19H19NO5.ClH/c20-10-12-23-17-8-4-5-15(13-17)18(21)9-11-24-19(22)14-25-16-6-2-1-3-7-16;/h1-9,11,13H,10,12,14,20H2;1H. The summed E-state index contributed by atoms with van der Waals surface area (Å²) in [5, 5.41) is 0. The number of esters is 1. The highest BCUT2D eigenvalue weighted by molar-refractivity contribution is 6.04. The predicted molar refractivity (Wildman–Crippen MR) is 99.7 cm³/mol. The van der Waals surface area contributed by atoms with Crippen molar-refractivity contribution in [3.63, 3.8) is 0 Å². The minimum atomic E-state index is -0.604. The van der Waals surface area contributed by atoms with Gasteiger partial charge in [0.05, 0.1) is 6.26 Å². The molecule has 0 aromatic heterocycles. The second-order valence-corrected chi connectivity index (χ2v) is 4.92. The van der Waals surface area contributed by atoms with E-state index in [0.717, 1.165) is 6.26 Å². The molecule has 2 rings (SSSR count). The van der Waals surface area contributed by atoms with Gasteiger partial charge in [-0.3, -0.25) is 4.79 Å². The highest BCUT2D eigenvalue weighted by Gasteiger charge is 2.05. The summed E-state index contributed by atoms with van der Waals surface area (Å²) >= 11 is 0. The van der Waals surface area contributed by atoms with Crippen molar-refractivity contribution in [1.29, 1.82) is 0 Å². The van der Waals surface area contributed by atoms with Crippen LogP contribution in [0.15, 0.2) is 66.9 Å². The molecule has 0 heterocycles. The number of ether oxygens (including phenoxy) is 3. The molecule has 0 saturated carbocycles. The summed E-state index contributed by atoms with van der Waals surface area (Å²) in [6.07, 6.45) is 2.22. The Morgan fingerprint density at radius 3 is 2.42 bits per heavy atom. The largest absolute Gasteiger partial charge is 0.492 e. The van der Waals surface area contributed by atoms with E-state index < -0.39 is 5.97 Å². The number of carbonyl (C=O) groups is 2. The lowest BCUT2D eigenvalue weighted by Gasteiger charge is -2.05. The minimum Gasteiger partial charge on any atom is -0.492 e. The van der Waals surface area contributed by atoms with Crippen LogP contribution in [0.25, 0.3) is 0 Å². The Kier molecular flexibility index (Phi) is 9.53. The number of ketones is 1. The Morgan fingerprint density at radius 2 is 1.69 bits per heavy atom. The SMILES string of the molecule is Cl.NCCOc1cccc(C(=O)C=COC(=O)COc2ccccc2)c1. The number of allylic oxidation sites excluding steroid dienone is 1. The second-order valence-electron chi connectivity index (χ2n) is 4.92. The molecule has 0 atom stereocenters. The topological polar surface area (TPSA) is 87.9 Å². The van der Waals surface area contributed by atoms with E-state index in [4.69, 9.17) is 19.9 Å². The minimum absolute atomic E-state index is 0. The second kappa shape index (κ2) is 11.7. The third-order valence-electron chi connectivity index (χ3n) is 3.02. The van der Waals surface area contributed by atoms with Gasteiger partial charge in [0, 0.05) is 18.2 Å². The van der Waals surface area contributed by atoms with Crippen LogP contribution in [0, 0.1) is 0 Å². The number of para-hydroxylation sites is 1. The maximum atomic E-state index is 12.0. The van der Waals surface area contributed by atoms with E-state index in [9.17, 15) is 9.59 Å². The summed E-state index contributed by atoms with van der Waals surface area (Å²) in [5.41, 5.74) is 5.79. The molecule has 6 nitrogen and oxygen atoms in total. The normalized spacial score (nSPS) is 10.0. The van der Waals surface area contributed by atoms with Gasteiger partial charge in [0.1, 0.15) is 18.1 Å². The molecule has 0 spiro atoms. The number of hydrogen-bond acceptors (Lipinski definition) is 6. The van der Waals surface area contributed by atoms with E-state index in [1.54, 1.807) is 48.5 Å². The van der Waals surface area contributed by atoms with Gasteiger partial charge in [0.25, 0.3) is 0 Å². The molecule has 26 heavy (non-hydrogen) atoms. The zero-order valence-electron chi connectivity index (χ0n) is 14.0. The molecule has 2 N–H and O–H groups in total. The van der Waals surface area contributed by atoms with Gasteiger partial charge in [-0.15, -0.1) is 12.4 Å². The average molecular weight is 378 g/mol. The molecule has 0 fully saturated rings. The quantitative estimate of drug-likeness (QED) is 0.313. The van der Waals surface area contributed by atoms with Crippen LogP contribution in [0.2, 0.25) is 0 Å². The third kappa shape index (κ3) is 7.38. The summed E-state index contributed by atoms with van der Waals surface area (Å²) < 4.78 is 15.4. The molecule has 0 bridgehead atoms. The summed E-state index contributed by atoms with van der Waals surface area (Å²) in [6.45, 7) is 0.510. The van der Waals surface area contributed by atoms with Gasteiger partial charge in [0.15, 0.2) is 12.4 Å². The van der Waals surface area contributed by atoms with Crippen molar-refractivity contribution in [1.82, 2.24) is 0 Å². The van der Waals surface area contributed by atoms with Crippen LogP contribution in [0.4, 0.5) is 0 Å². The Hall–Kier alpha value is -2.83. The van der Waals surface area contributed by atoms with E-state index in [0.29, 0.717) is 30.2 Å². The fourth-order valence-corrected chi connectivity index (χ4v) is 1.88. The number of hydrogen-bond donors (Lipinski definition) is 1. The lowest BCUT2D eigenvalue weighted by Crippen LogP contribution is -2.12. The molecule has 0 amide bonds. The molecule has 2 aromatic rings. The lowest BCUT2D eigenvalue weighted by molar-refractivity contribution is -0.140. The van der Waals surface area contributed by atoms with Crippen molar-refractivity contribution < 1.29 is 23.8 Å². The maximum Gasteiger partial charge on any atom is 0.348 e. The molecule has 0 aliphatic carbocycles. The van der Waals surface area contributed by atoms with E-state index in [-0.39, 0.29) is 24.8 Å². The van der Waals surface area contributed by atoms with Crippen molar-refractivity contribution in [3.05, 3.63) is 72.5 Å². The first kappa shape index (κ1) is 21.2. The smallest absolute Gasteiger partial charge is 0.348 e. The van der Waals surface area contributed by atoms with Crippen molar-refractivity contribution >= 4 is 24.2 Å². The molecule has 2 aromatic carbocycles. The number of halogens is 1. The summed E-state index contributed by atoms with van der Waals surface area (Å²) in [7, 11) is 0. The Bertz CT molecular complexity index is 734. The van der Waals surface area contributed by atoms with Crippen molar-refractivity contribution in [3.8, 4) is 11.5 Å². The van der Waals surface area contributed by atoms with Gasteiger partial charge >= 0.3 is 5.97 Å². The average Bonchev–Trinajstić information content (AvgIpc) is 2.65. The van der Waals surface area contributed by atoms with Crippen LogP contribution in [0.3, 0.4) is 0 Å². The van der Waals surface area contributed by atoms with Crippen LogP contribution in [-0.4, -0.2) is 31.5 Å². The Balaban J connectivity index is 0.00000338. The van der Waals surface area contributed by atoms with Crippen LogP contribution in [0.5, 0.6) is 11.5 Å². The van der Waals surface area contributed by atoms with Crippen LogP contribution in [0.1, 0.15) is 10.4 Å². The molecule has 138 valence electrons. The van der Waals surface area contributed by atoms with Crippen molar-refractivity contribution in [2.24, 2.45) is 5.73 Å².